The number of benzene rings is 2. The summed E-state index contributed by atoms with van der Waals surface area (Å²) in [5.74, 6) is -3.32. The molecular formula is C16H13ClF2N2O2. The average Bonchev–Trinajstić information content (AvgIpc) is 2.47. The topological polar surface area (TPSA) is 72.2 Å². The molecule has 0 aliphatic heterocycles. The fraction of sp³-hybridized carbons (Fsp3) is 0.125. The van der Waals surface area contributed by atoms with Gasteiger partial charge in [-0.2, -0.15) is 0 Å². The van der Waals surface area contributed by atoms with Crippen molar-refractivity contribution in [2.45, 2.75) is 12.5 Å². The van der Waals surface area contributed by atoms with Crippen LogP contribution >= 0.6 is 11.6 Å². The Morgan fingerprint density at radius 1 is 1.09 bits per heavy atom. The normalized spacial score (nSPS) is 11.8. The minimum Gasteiger partial charge on any atom is -0.368 e. The summed E-state index contributed by atoms with van der Waals surface area (Å²) in [5.41, 5.74) is 5.77. The van der Waals surface area contributed by atoms with Crippen LogP contribution in [-0.4, -0.2) is 17.9 Å². The van der Waals surface area contributed by atoms with Gasteiger partial charge in [-0.15, -0.1) is 0 Å². The molecular weight excluding hydrogens is 326 g/mol. The zero-order valence-electron chi connectivity index (χ0n) is 11.9. The van der Waals surface area contributed by atoms with E-state index in [1.54, 1.807) is 24.3 Å². The zero-order valence-corrected chi connectivity index (χ0v) is 12.6. The number of primary amides is 1. The number of hydrogen-bond acceptors (Lipinski definition) is 2. The summed E-state index contributed by atoms with van der Waals surface area (Å²) in [6.07, 6.45) is 0.135. The second-order valence-electron chi connectivity index (χ2n) is 4.92. The van der Waals surface area contributed by atoms with Crippen LogP contribution in [0.3, 0.4) is 0 Å². The van der Waals surface area contributed by atoms with Crippen LogP contribution in [0.25, 0.3) is 0 Å². The number of carbonyl (C=O) groups excluding carboxylic acids is 2. The fourth-order valence-corrected chi connectivity index (χ4v) is 2.13. The van der Waals surface area contributed by atoms with Gasteiger partial charge in [0.2, 0.25) is 5.91 Å². The van der Waals surface area contributed by atoms with E-state index >= 15 is 0 Å². The van der Waals surface area contributed by atoms with Crippen molar-refractivity contribution in [2.24, 2.45) is 5.73 Å². The van der Waals surface area contributed by atoms with Crippen molar-refractivity contribution in [3.63, 3.8) is 0 Å². The van der Waals surface area contributed by atoms with Crippen LogP contribution in [0.4, 0.5) is 8.78 Å². The minimum atomic E-state index is -1.02. The molecule has 0 saturated heterocycles. The lowest BCUT2D eigenvalue weighted by Gasteiger charge is -2.16. The second kappa shape index (κ2) is 7.19. The molecule has 0 aromatic heterocycles. The minimum absolute atomic E-state index is 0.135. The Kier molecular flexibility index (Phi) is 5.28. The number of carbonyl (C=O) groups is 2. The van der Waals surface area contributed by atoms with E-state index in [0.29, 0.717) is 11.1 Å². The molecule has 0 aliphatic rings. The third-order valence-electron chi connectivity index (χ3n) is 3.13. The number of nitrogens with two attached hydrogens (primary N) is 1. The first kappa shape index (κ1) is 16.9. The molecule has 7 heteroatoms. The highest BCUT2D eigenvalue weighted by Crippen LogP contribution is 2.12. The predicted molar refractivity (Wildman–Crippen MR) is 82.0 cm³/mol. The van der Waals surface area contributed by atoms with Crippen LogP contribution in [0.5, 0.6) is 0 Å². The highest BCUT2D eigenvalue weighted by atomic mass is 35.5. The monoisotopic (exact) mass is 338 g/mol. The van der Waals surface area contributed by atoms with Crippen molar-refractivity contribution in [2.75, 3.05) is 0 Å². The van der Waals surface area contributed by atoms with Gasteiger partial charge in [0, 0.05) is 23.1 Å². The van der Waals surface area contributed by atoms with Crippen LogP contribution in [0, 0.1) is 11.6 Å². The van der Waals surface area contributed by atoms with Gasteiger partial charge in [0.1, 0.15) is 17.7 Å². The molecule has 2 aromatic carbocycles. The van der Waals surface area contributed by atoms with E-state index in [0.717, 1.165) is 17.7 Å². The molecule has 0 radical (unpaired) electrons. The maximum absolute atomic E-state index is 13.1. The van der Waals surface area contributed by atoms with Gasteiger partial charge in [-0.1, -0.05) is 23.7 Å². The lowest BCUT2D eigenvalue weighted by atomic mass is 10.0. The van der Waals surface area contributed by atoms with Gasteiger partial charge in [0.25, 0.3) is 5.91 Å². The molecule has 2 aromatic rings. The van der Waals surface area contributed by atoms with E-state index in [4.69, 9.17) is 17.3 Å². The van der Waals surface area contributed by atoms with Crippen molar-refractivity contribution in [1.82, 2.24) is 5.32 Å². The molecule has 0 unspecified atom stereocenters. The summed E-state index contributed by atoms with van der Waals surface area (Å²) in [5, 5.41) is 2.90. The van der Waals surface area contributed by atoms with Crippen molar-refractivity contribution in [3.8, 4) is 0 Å². The highest BCUT2D eigenvalue weighted by molar-refractivity contribution is 6.30. The lowest BCUT2D eigenvalue weighted by Crippen LogP contribution is -2.45. The Hall–Kier alpha value is -2.47. The van der Waals surface area contributed by atoms with E-state index in [-0.39, 0.29) is 12.0 Å². The number of halogens is 3. The van der Waals surface area contributed by atoms with Crippen LogP contribution < -0.4 is 11.1 Å². The van der Waals surface area contributed by atoms with E-state index in [2.05, 4.69) is 5.32 Å². The van der Waals surface area contributed by atoms with Gasteiger partial charge in [0.05, 0.1) is 0 Å². The Balaban J connectivity index is 2.14. The summed E-state index contributed by atoms with van der Waals surface area (Å²) in [6, 6.07) is 8.03. The molecule has 120 valence electrons. The predicted octanol–water partition coefficient (Wildman–Crippen LogP) is 2.44. The van der Waals surface area contributed by atoms with Gasteiger partial charge < -0.3 is 11.1 Å². The first-order valence-electron chi connectivity index (χ1n) is 6.66. The molecule has 4 nitrogen and oxygen atoms in total. The Morgan fingerprint density at radius 3 is 2.17 bits per heavy atom. The van der Waals surface area contributed by atoms with Crippen LogP contribution in [0.15, 0.2) is 42.5 Å². The molecule has 0 aliphatic carbocycles. The molecule has 0 bridgehead atoms. The van der Waals surface area contributed by atoms with Gasteiger partial charge >= 0.3 is 0 Å². The summed E-state index contributed by atoms with van der Waals surface area (Å²) in [4.78, 5) is 23.5. The Morgan fingerprint density at radius 2 is 1.65 bits per heavy atom. The van der Waals surface area contributed by atoms with Crippen LogP contribution in [0.2, 0.25) is 5.02 Å². The van der Waals surface area contributed by atoms with E-state index < -0.39 is 29.5 Å². The van der Waals surface area contributed by atoms with E-state index in [9.17, 15) is 18.4 Å². The van der Waals surface area contributed by atoms with Crippen LogP contribution in [-0.2, 0) is 11.2 Å². The summed E-state index contributed by atoms with van der Waals surface area (Å²) in [6.45, 7) is 0. The van der Waals surface area contributed by atoms with Crippen LogP contribution in [0.1, 0.15) is 15.9 Å². The lowest BCUT2D eigenvalue weighted by molar-refractivity contribution is -0.119. The maximum atomic E-state index is 13.1. The average molecular weight is 339 g/mol. The SMILES string of the molecule is NC(=O)[C@@H](Cc1ccc(Cl)cc1)NC(=O)c1cc(F)cc(F)c1. The van der Waals surface area contributed by atoms with Crippen molar-refractivity contribution in [3.05, 3.63) is 70.2 Å². The molecule has 0 spiro atoms. The van der Waals surface area contributed by atoms with E-state index in [1.165, 1.54) is 0 Å². The smallest absolute Gasteiger partial charge is 0.252 e. The second-order valence-corrected chi connectivity index (χ2v) is 5.35. The maximum Gasteiger partial charge on any atom is 0.252 e. The number of amides is 2. The third kappa shape index (κ3) is 4.75. The van der Waals surface area contributed by atoms with Crippen molar-refractivity contribution < 1.29 is 18.4 Å². The van der Waals surface area contributed by atoms with Crippen molar-refractivity contribution >= 4 is 23.4 Å². The summed E-state index contributed by atoms with van der Waals surface area (Å²) < 4.78 is 26.3. The molecule has 23 heavy (non-hydrogen) atoms. The molecule has 1 atom stereocenters. The van der Waals surface area contributed by atoms with Gasteiger partial charge in [-0.05, 0) is 29.8 Å². The van der Waals surface area contributed by atoms with Gasteiger partial charge in [-0.3, -0.25) is 9.59 Å². The quantitative estimate of drug-likeness (QED) is 0.879. The van der Waals surface area contributed by atoms with E-state index in [1.807, 2.05) is 0 Å². The van der Waals surface area contributed by atoms with Crippen molar-refractivity contribution in [1.29, 1.82) is 0 Å². The number of nitrogens with one attached hydrogen (secondary N) is 1. The molecule has 0 fully saturated rings. The van der Waals surface area contributed by atoms with Gasteiger partial charge in [0.15, 0.2) is 0 Å². The summed E-state index contributed by atoms with van der Waals surface area (Å²) in [7, 11) is 0. The van der Waals surface area contributed by atoms with Gasteiger partial charge in [-0.25, -0.2) is 8.78 Å². The fourth-order valence-electron chi connectivity index (χ4n) is 2.01. The summed E-state index contributed by atoms with van der Waals surface area (Å²) >= 11 is 5.77. The highest BCUT2D eigenvalue weighted by Gasteiger charge is 2.20. The molecule has 2 rings (SSSR count). The first-order valence-corrected chi connectivity index (χ1v) is 7.03. The Labute approximate surface area is 136 Å². The third-order valence-corrected chi connectivity index (χ3v) is 3.38. The standard InChI is InChI=1S/C16H13ClF2N2O2/c17-11-3-1-9(2-4-11)5-14(15(20)22)21-16(23)10-6-12(18)8-13(19)7-10/h1-4,6-8,14H,5H2,(H2,20,22)(H,21,23)/t14-/m1/s1. The largest absolute Gasteiger partial charge is 0.368 e. The number of hydrogen-bond donors (Lipinski definition) is 2. The molecule has 3 N–H and O–H groups in total. The molecule has 0 heterocycles. The first-order chi connectivity index (χ1) is 10.8. The number of rotatable bonds is 5. The molecule has 2 amide bonds. The zero-order chi connectivity index (χ0) is 17.0. The molecule has 0 saturated carbocycles. The Bertz CT molecular complexity index is 715.